The number of hydrogen-bond donors (Lipinski definition) is 0. The van der Waals surface area contributed by atoms with E-state index in [1.54, 1.807) is 0 Å². The third-order valence-corrected chi connectivity index (χ3v) is 1.47. The second-order valence-electron chi connectivity index (χ2n) is 3.01. The van der Waals surface area contributed by atoms with Gasteiger partial charge >= 0.3 is 0 Å². The second kappa shape index (κ2) is 3.97. The van der Waals surface area contributed by atoms with Gasteiger partial charge in [0.15, 0.2) is 0 Å². The van der Waals surface area contributed by atoms with E-state index in [0.29, 0.717) is 5.92 Å². The minimum Gasteiger partial charge on any atom is -0.0814 e. The van der Waals surface area contributed by atoms with Crippen molar-refractivity contribution in [1.29, 1.82) is 0 Å². The van der Waals surface area contributed by atoms with Crippen LogP contribution in [-0.4, -0.2) is 0 Å². The number of hydrogen-bond acceptors (Lipinski definition) is 0. The van der Waals surface area contributed by atoms with Crippen LogP contribution in [0.2, 0.25) is 0 Å². The molecule has 58 valence electrons. The molecular weight excluding hydrogens is 132 g/mol. The maximum Gasteiger partial charge on any atom is -0.0260 e. The van der Waals surface area contributed by atoms with Crippen LogP contribution < -0.4 is 0 Å². The van der Waals surface area contributed by atoms with E-state index in [1.165, 1.54) is 5.56 Å². The fourth-order valence-electron chi connectivity index (χ4n) is 0.868. The number of benzene rings is 1. The van der Waals surface area contributed by atoms with Gasteiger partial charge in [-0.1, -0.05) is 56.3 Å². The van der Waals surface area contributed by atoms with Crippen LogP contribution in [0.4, 0.5) is 0 Å². The molecule has 0 saturated heterocycles. The van der Waals surface area contributed by atoms with Crippen LogP contribution in [0.3, 0.4) is 0 Å². The van der Waals surface area contributed by atoms with Crippen molar-refractivity contribution < 1.29 is 0 Å². The minimum absolute atomic E-state index is 0.634. The summed E-state index contributed by atoms with van der Waals surface area (Å²) in [4.78, 5) is 0. The molecule has 0 spiro atoms. The molecular formula is C11H14. The van der Waals surface area contributed by atoms with E-state index in [4.69, 9.17) is 0 Å². The van der Waals surface area contributed by atoms with E-state index >= 15 is 0 Å². The quantitative estimate of drug-likeness (QED) is 0.600. The zero-order valence-corrected chi connectivity index (χ0v) is 7.12. The van der Waals surface area contributed by atoms with E-state index in [1.807, 2.05) is 6.07 Å². The molecule has 0 heterocycles. The van der Waals surface area contributed by atoms with Crippen molar-refractivity contribution in [2.24, 2.45) is 5.92 Å². The molecule has 0 nitrogen and oxygen atoms in total. The van der Waals surface area contributed by atoms with Crippen LogP contribution in [0, 0.1) is 5.92 Å². The summed E-state index contributed by atoms with van der Waals surface area (Å²) in [7, 11) is 0. The molecule has 0 N–H and O–H groups in total. The first-order chi connectivity index (χ1) is 5.29. The van der Waals surface area contributed by atoms with Gasteiger partial charge in [-0.25, -0.2) is 0 Å². The average molecular weight is 146 g/mol. The van der Waals surface area contributed by atoms with Crippen molar-refractivity contribution in [2.45, 2.75) is 13.8 Å². The van der Waals surface area contributed by atoms with Crippen LogP contribution in [0.25, 0.3) is 6.08 Å². The number of allylic oxidation sites excluding steroid dienone is 1. The summed E-state index contributed by atoms with van der Waals surface area (Å²) in [6, 6.07) is 10.4. The molecule has 1 aromatic rings. The van der Waals surface area contributed by atoms with Gasteiger partial charge in [0.1, 0.15) is 0 Å². The molecule has 0 unspecified atom stereocenters. The minimum atomic E-state index is 0.634. The lowest BCUT2D eigenvalue weighted by atomic mass is 10.1. The highest BCUT2D eigenvalue weighted by Crippen LogP contribution is 2.03. The van der Waals surface area contributed by atoms with Crippen LogP contribution in [0.5, 0.6) is 0 Å². The fraction of sp³-hybridized carbons (Fsp3) is 0.273. The summed E-state index contributed by atoms with van der Waals surface area (Å²) in [6.45, 7) is 4.36. The Morgan fingerprint density at radius 2 is 1.73 bits per heavy atom. The second-order valence-corrected chi connectivity index (χ2v) is 3.01. The lowest BCUT2D eigenvalue weighted by Crippen LogP contribution is -1.76. The van der Waals surface area contributed by atoms with E-state index in [-0.39, 0.29) is 0 Å². The van der Waals surface area contributed by atoms with Crippen molar-refractivity contribution >= 4 is 6.08 Å². The zero-order valence-electron chi connectivity index (χ0n) is 7.12. The normalized spacial score (nSPS) is 11.2. The molecule has 0 radical (unpaired) electrons. The van der Waals surface area contributed by atoms with Gasteiger partial charge < -0.3 is 0 Å². The van der Waals surface area contributed by atoms with Gasteiger partial charge in [0.05, 0.1) is 0 Å². The van der Waals surface area contributed by atoms with Crippen molar-refractivity contribution in [1.82, 2.24) is 0 Å². The summed E-state index contributed by atoms with van der Waals surface area (Å²) in [5, 5.41) is 0. The largest absolute Gasteiger partial charge is 0.0814 e. The van der Waals surface area contributed by atoms with E-state index in [0.717, 1.165) is 0 Å². The molecule has 1 aromatic carbocycles. The number of rotatable bonds is 2. The van der Waals surface area contributed by atoms with Crippen molar-refractivity contribution in [2.75, 3.05) is 0 Å². The fourth-order valence-corrected chi connectivity index (χ4v) is 0.868. The maximum atomic E-state index is 2.20. The summed E-state index contributed by atoms with van der Waals surface area (Å²) in [5.74, 6) is 0.634. The lowest BCUT2D eigenvalue weighted by Gasteiger charge is -1.93. The highest BCUT2D eigenvalue weighted by Gasteiger charge is 1.84. The van der Waals surface area contributed by atoms with E-state index < -0.39 is 0 Å². The monoisotopic (exact) mass is 146 g/mol. The molecule has 0 aliphatic carbocycles. The van der Waals surface area contributed by atoms with E-state index in [2.05, 4.69) is 50.3 Å². The summed E-state index contributed by atoms with van der Waals surface area (Å²) >= 11 is 0. The van der Waals surface area contributed by atoms with Gasteiger partial charge in [0.25, 0.3) is 0 Å². The molecule has 0 aliphatic heterocycles. The molecule has 11 heavy (non-hydrogen) atoms. The first-order valence-electron chi connectivity index (χ1n) is 4.02. The van der Waals surface area contributed by atoms with Crippen molar-refractivity contribution in [3.63, 3.8) is 0 Å². The molecule has 0 amide bonds. The molecule has 0 saturated carbocycles. The molecule has 0 bridgehead atoms. The Hall–Kier alpha value is -1.04. The van der Waals surface area contributed by atoms with E-state index in [9.17, 15) is 0 Å². The standard InChI is InChI=1S/C11H14/c1-10(2)8-9-11-6-4-3-5-7-11/h3-10H,1-2H3/b9-8-. The van der Waals surface area contributed by atoms with Gasteiger partial charge in [0.2, 0.25) is 0 Å². The maximum absolute atomic E-state index is 2.20. The Balaban J connectivity index is 2.65. The zero-order chi connectivity index (χ0) is 8.10. The smallest absolute Gasteiger partial charge is 0.0260 e. The van der Waals surface area contributed by atoms with Crippen LogP contribution in [0.1, 0.15) is 19.4 Å². The van der Waals surface area contributed by atoms with Gasteiger partial charge in [-0.3, -0.25) is 0 Å². The van der Waals surface area contributed by atoms with Crippen LogP contribution in [-0.2, 0) is 0 Å². The Morgan fingerprint density at radius 1 is 1.09 bits per heavy atom. The Labute approximate surface area is 68.6 Å². The predicted octanol–water partition coefficient (Wildman–Crippen LogP) is 3.36. The molecule has 0 fully saturated rings. The summed E-state index contributed by atoms with van der Waals surface area (Å²) in [6.07, 6.45) is 4.36. The average Bonchev–Trinajstić information content (AvgIpc) is 2.03. The first kappa shape index (κ1) is 8.06. The van der Waals surface area contributed by atoms with Gasteiger partial charge in [-0.05, 0) is 11.5 Å². The lowest BCUT2D eigenvalue weighted by molar-refractivity contribution is 0.836. The van der Waals surface area contributed by atoms with Crippen LogP contribution >= 0.6 is 0 Å². The van der Waals surface area contributed by atoms with Gasteiger partial charge in [0, 0.05) is 0 Å². The SMILES string of the molecule is CC(C)/C=C\c1ccccc1. The molecule has 0 aromatic heterocycles. The highest BCUT2D eigenvalue weighted by molar-refractivity contribution is 5.48. The third kappa shape index (κ3) is 3.03. The topological polar surface area (TPSA) is 0 Å². The predicted molar refractivity (Wildman–Crippen MR) is 50.3 cm³/mol. The van der Waals surface area contributed by atoms with Crippen molar-refractivity contribution in [3.8, 4) is 0 Å². The molecule has 0 aliphatic rings. The Morgan fingerprint density at radius 3 is 2.27 bits per heavy atom. The molecule has 0 atom stereocenters. The Kier molecular flexibility index (Phi) is 2.91. The van der Waals surface area contributed by atoms with Crippen LogP contribution in [0.15, 0.2) is 36.4 Å². The van der Waals surface area contributed by atoms with Gasteiger partial charge in [-0.2, -0.15) is 0 Å². The Bertz CT molecular complexity index is 219. The summed E-state index contributed by atoms with van der Waals surface area (Å²) in [5.41, 5.74) is 1.28. The molecule has 0 heteroatoms. The van der Waals surface area contributed by atoms with Crippen molar-refractivity contribution in [3.05, 3.63) is 42.0 Å². The molecule has 1 rings (SSSR count). The third-order valence-electron chi connectivity index (χ3n) is 1.47. The van der Waals surface area contributed by atoms with Gasteiger partial charge in [-0.15, -0.1) is 0 Å². The summed E-state index contributed by atoms with van der Waals surface area (Å²) < 4.78 is 0. The highest BCUT2D eigenvalue weighted by atomic mass is 13.9. The first-order valence-corrected chi connectivity index (χ1v) is 4.02.